The van der Waals surface area contributed by atoms with Gasteiger partial charge in [-0.15, -0.1) is 42.2 Å². The molecule has 5 fully saturated rings. The molecule has 0 spiro atoms. The molecule has 5 aliphatic rings. The molecule has 4 aliphatic carbocycles. The van der Waals surface area contributed by atoms with Crippen LogP contribution >= 0.6 is 35.6 Å². The van der Waals surface area contributed by atoms with Crippen LogP contribution in [0, 0.1) is 6.92 Å². The average Bonchev–Trinajstić information content (AvgIpc) is 4.53. The summed E-state index contributed by atoms with van der Waals surface area (Å²) in [4.78, 5) is 69.0. The fourth-order valence-corrected chi connectivity index (χ4v) is 8.71. The number of carbonyl (C=O) groups excluding carboxylic acids is 4. The third kappa shape index (κ3) is 24.1. The summed E-state index contributed by atoms with van der Waals surface area (Å²) >= 11 is 9.53. The topological polar surface area (TPSA) is 157 Å². The van der Waals surface area contributed by atoms with Crippen molar-refractivity contribution < 1.29 is 46.2 Å². The van der Waals surface area contributed by atoms with Gasteiger partial charge >= 0.3 is 35.1 Å². The van der Waals surface area contributed by atoms with Crippen molar-refractivity contribution in [1.29, 1.82) is 0 Å². The zero-order valence-electron chi connectivity index (χ0n) is 49.2. The van der Waals surface area contributed by atoms with Gasteiger partial charge in [-0.25, -0.2) is 34.3 Å². The van der Waals surface area contributed by atoms with Gasteiger partial charge in [0.05, 0.1) is 27.0 Å². The SMILES string of the molecule is C1CCOC1.C=CCC(=O)C1(c2ccccc2)CC1.C=C[CH2-].CCC.CN(C)C(=O)C1(c2ccccc2)CC1.CN(C)C(=O)C1(c2ccccc2)CC1.Cl.ClCCl.O=C(O)C1(c2ccccc2)CC1.O=C(n1ccnc1)n1ccnc1.[Cl-].[Mg+2]. The second-order valence-electron chi connectivity index (χ2n) is 20.1. The number of carbonyl (C=O) groups is 5. The van der Waals surface area contributed by atoms with Crippen molar-refractivity contribution in [3.05, 3.63) is 213 Å². The van der Waals surface area contributed by atoms with Crippen molar-refractivity contribution in [1.82, 2.24) is 28.9 Å². The van der Waals surface area contributed by atoms with Crippen molar-refractivity contribution in [3.8, 4) is 0 Å². The summed E-state index contributed by atoms with van der Waals surface area (Å²) in [6.45, 7) is 16.4. The summed E-state index contributed by atoms with van der Waals surface area (Å²) in [6, 6.07) is 39.5. The van der Waals surface area contributed by atoms with Crippen LogP contribution in [0.3, 0.4) is 0 Å². The van der Waals surface area contributed by atoms with Gasteiger partial charge in [0.2, 0.25) is 11.8 Å². The standard InChI is InChI=1S/C13H14O.2C12H15NO.C10H10O2.C7H6N4O.C4H8O.C3H8.C3H5.CH2Cl2.2ClH.Mg/c1-2-6-12(14)13(9-10-13)11-7-4-3-5-8-11;2*1-13(2)11(14)12(8-9-12)10-6-4-3-5-7-10;11-9(12)10(6-7-10)8-4-2-1-3-5-8;12-7(10-3-1-8-5-10)11-4-2-9-6-11;1-2-4-5-3-1;2*1-3-2;2-1-3;;;/h2-5,7-8H,1,6,9-10H2;2*3-7H,8-9H2,1-2H3;1-5H,6-7H2,(H,11,12);1-6H;1-4H2;3H2,1-2H3;3H,1-2H2;1H2;2*1H;/q;;;;;;;-1;;;;+2/p-1. The van der Waals surface area contributed by atoms with E-state index in [-0.39, 0.29) is 87.3 Å². The van der Waals surface area contributed by atoms with Gasteiger partial charge in [0, 0.05) is 72.6 Å². The Morgan fingerprint density at radius 3 is 1.08 bits per heavy atom. The minimum atomic E-state index is -0.686. The smallest absolute Gasteiger partial charge is 1.00 e. The van der Waals surface area contributed by atoms with E-state index in [4.69, 9.17) is 33.0 Å². The van der Waals surface area contributed by atoms with E-state index in [1.165, 1.54) is 63.8 Å². The van der Waals surface area contributed by atoms with E-state index >= 15 is 0 Å². The molecule has 83 heavy (non-hydrogen) atoms. The molecule has 18 heteroatoms. The van der Waals surface area contributed by atoms with Crippen molar-refractivity contribution >= 4 is 88.3 Å². The third-order valence-corrected chi connectivity index (χ3v) is 13.5. The molecule has 3 heterocycles. The van der Waals surface area contributed by atoms with Gasteiger partial charge in [0.1, 0.15) is 18.4 Å². The molecule has 1 saturated heterocycles. The molecule has 4 saturated carbocycles. The van der Waals surface area contributed by atoms with Gasteiger partial charge < -0.3 is 32.1 Å². The summed E-state index contributed by atoms with van der Waals surface area (Å²) in [5, 5.41) is 9.15. The molecule has 1 N–H and O–H groups in total. The molecule has 2 aromatic heterocycles. The molecule has 6 aromatic rings. The van der Waals surface area contributed by atoms with Crippen LogP contribution in [-0.4, -0.2) is 133 Å². The molecule has 4 aromatic carbocycles. The Bertz CT molecular complexity index is 2620. The van der Waals surface area contributed by atoms with Gasteiger partial charge in [0.25, 0.3) is 0 Å². The maximum Gasteiger partial charge on any atom is 2.00 e. The van der Waals surface area contributed by atoms with E-state index in [9.17, 15) is 24.0 Å². The first-order valence-electron chi connectivity index (χ1n) is 27.1. The van der Waals surface area contributed by atoms with Crippen molar-refractivity contribution in [2.45, 2.75) is 113 Å². The summed E-state index contributed by atoms with van der Waals surface area (Å²) < 4.78 is 7.70. The van der Waals surface area contributed by atoms with Crippen molar-refractivity contribution in [2.24, 2.45) is 0 Å². The normalized spacial score (nSPS) is 15.0. The van der Waals surface area contributed by atoms with E-state index < -0.39 is 11.4 Å². The third-order valence-electron chi connectivity index (χ3n) is 13.5. The van der Waals surface area contributed by atoms with Crippen molar-refractivity contribution in [2.75, 3.05) is 46.7 Å². The first-order chi connectivity index (χ1) is 38.5. The van der Waals surface area contributed by atoms with Crippen LogP contribution in [0.5, 0.6) is 0 Å². The number of likely N-dealkylation sites (N-methyl/N-ethyl adjacent to an activating group) is 2. The molecule has 2 amide bonds. The quantitative estimate of drug-likeness (QED) is 0.0610. The molecular formula is C65H84Cl4MgN6O7. The second-order valence-corrected chi connectivity index (χ2v) is 20.9. The minimum Gasteiger partial charge on any atom is -1.00 e. The zero-order valence-corrected chi connectivity index (χ0v) is 53.7. The number of aromatic nitrogens is 4. The number of allylic oxidation sites excluding steroid dienone is 2. The van der Waals surface area contributed by atoms with E-state index in [0.29, 0.717) is 12.2 Å². The van der Waals surface area contributed by atoms with Gasteiger partial charge in [-0.1, -0.05) is 148 Å². The number of rotatable bonds is 10. The van der Waals surface area contributed by atoms with Gasteiger partial charge in [0.15, 0.2) is 0 Å². The van der Waals surface area contributed by atoms with Crippen LogP contribution < -0.4 is 12.4 Å². The molecule has 0 unspecified atom stereocenters. The number of carboxylic acid groups (broad SMARTS) is 1. The van der Waals surface area contributed by atoms with E-state index in [1.807, 2.05) is 125 Å². The number of alkyl halides is 2. The molecule has 1 aliphatic heterocycles. The van der Waals surface area contributed by atoms with E-state index in [0.717, 1.165) is 70.1 Å². The van der Waals surface area contributed by atoms with Gasteiger partial charge in [-0.2, -0.15) is 0 Å². The maximum absolute atomic E-state index is 12.0. The molecule has 0 radical (unpaired) electrons. The Balaban J connectivity index is 0.000000949. The number of hydrogen-bond donors (Lipinski definition) is 1. The number of carboxylic acids is 1. The number of hydrogen-bond acceptors (Lipinski definition) is 8. The number of ketones is 1. The number of imidazole rings is 2. The monoisotopic (exact) mass is 1220 g/mol. The molecule has 11 rings (SSSR count). The number of ether oxygens (including phenoxy) is 1. The van der Waals surface area contributed by atoms with Crippen LogP contribution in [0.15, 0.2) is 184 Å². The van der Waals surface area contributed by atoms with Gasteiger partial charge in [-0.3, -0.25) is 28.3 Å². The first-order valence-corrected chi connectivity index (χ1v) is 28.2. The molecule has 0 atom stereocenters. The fraction of sp³-hybridized carbons (Fsp3) is 0.385. The number of nitrogens with zero attached hydrogens (tertiary/aromatic N) is 6. The second kappa shape index (κ2) is 40.5. The summed E-state index contributed by atoms with van der Waals surface area (Å²) in [5.74, 6) is 0.111. The van der Waals surface area contributed by atoms with Crippen molar-refractivity contribution in [3.63, 3.8) is 0 Å². The largest absolute Gasteiger partial charge is 2.00 e. The minimum absolute atomic E-state index is 0. The molecule has 446 valence electrons. The van der Waals surface area contributed by atoms with E-state index in [1.54, 1.807) is 40.7 Å². The average molecular weight is 1230 g/mol. The molecular weight excluding hydrogens is 1140 g/mol. The number of Topliss-reactive ketones (excluding diaryl/α,β-unsaturated/α-hetero) is 1. The van der Waals surface area contributed by atoms with E-state index in [2.05, 4.69) is 68.2 Å². The zero-order chi connectivity index (χ0) is 59.0. The Kier molecular flexibility index (Phi) is 37.7. The molecule has 0 bridgehead atoms. The first kappa shape index (κ1) is 77.3. The number of amides is 2. The Morgan fingerprint density at radius 2 is 0.880 bits per heavy atom. The van der Waals surface area contributed by atoms with Crippen LogP contribution in [0.4, 0.5) is 4.79 Å². The Hall–Kier alpha value is -5.71. The van der Waals surface area contributed by atoms with Crippen LogP contribution in [0.1, 0.15) is 113 Å². The summed E-state index contributed by atoms with van der Waals surface area (Å²) in [5.41, 5.74) is 3.37. The predicted molar refractivity (Wildman–Crippen MR) is 336 cm³/mol. The summed E-state index contributed by atoms with van der Waals surface area (Å²) in [6.07, 6.45) is 24.2. The Morgan fingerprint density at radius 1 is 0.602 bits per heavy atom. The Labute approximate surface area is 532 Å². The number of aliphatic carboxylic acids is 1. The predicted octanol–water partition coefficient (Wildman–Crippen LogP) is 10.6. The summed E-state index contributed by atoms with van der Waals surface area (Å²) in [7, 11) is 7.30. The molecule has 13 nitrogen and oxygen atoms in total. The fourth-order valence-electron chi connectivity index (χ4n) is 8.71. The van der Waals surface area contributed by atoms with Crippen LogP contribution in [-0.2, 0) is 45.6 Å². The van der Waals surface area contributed by atoms with Crippen LogP contribution in [0.2, 0.25) is 0 Å². The maximum atomic E-state index is 12.0. The number of halogens is 4. The van der Waals surface area contributed by atoms with Crippen LogP contribution in [0.25, 0.3) is 0 Å². The number of benzene rings is 4. The van der Waals surface area contributed by atoms with Gasteiger partial charge in [-0.05, 0) is 86.5 Å².